The maximum absolute atomic E-state index is 13.3. The number of nitriles is 2. The van der Waals surface area contributed by atoms with Crippen molar-refractivity contribution < 1.29 is 14.3 Å². The van der Waals surface area contributed by atoms with Gasteiger partial charge in [-0.3, -0.25) is 15.0 Å². The smallest absolute Gasteiger partial charge is 0.414 e. The summed E-state index contributed by atoms with van der Waals surface area (Å²) >= 11 is 1.45. The van der Waals surface area contributed by atoms with Crippen molar-refractivity contribution in [2.75, 3.05) is 20.1 Å². The minimum absolute atomic E-state index is 0.132. The van der Waals surface area contributed by atoms with Gasteiger partial charge in [0.2, 0.25) is 11.9 Å². The predicted molar refractivity (Wildman–Crippen MR) is 127 cm³/mol. The summed E-state index contributed by atoms with van der Waals surface area (Å²) in [5.41, 5.74) is -0.0271. The first kappa shape index (κ1) is 23.4. The monoisotopic (exact) mass is 476 g/mol. The van der Waals surface area contributed by atoms with Crippen molar-refractivity contribution in [2.45, 2.75) is 31.9 Å². The molecule has 3 heterocycles. The number of aliphatic imine (C=N–C) groups is 1. The Kier molecular flexibility index (Phi) is 5.90. The van der Waals surface area contributed by atoms with Crippen LogP contribution >= 0.6 is 11.3 Å². The van der Waals surface area contributed by atoms with Crippen molar-refractivity contribution in [1.82, 2.24) is 15.5 Å². The van der Waals surface area contributed by atoms with Crippen molar-refractivity contribution in [3.05, 3.63) is 46.3 Å². The van der Waals surface area contributed by atoms with Gasteiger partial charge in [0.25, 0.3) is 0 Å². The van der Waals surface area contributed by atoms with Crippen LogP contribution in [0.3, 0.4) is 0 Å². The maximum atomic E-state index is 13.3. The second-order valence-electron chi connectivity index (χ2n) is 9.25. The molecular formula is C24H24N6O3S. The molecule has 0 bridgehead atoms. The first-order chi connectivity index (χ1) is 16.1. The molecule has 1 aromatic heterocycles. The van der Waals surface area contributed by atoms with E-state index in [0.717, 1.165) is 15.3 Å². The van der Waals surface area contributed by atoms with E-state index in [0.29, 0.717) is 24.2 Å². The number of thiophene rings is 1. The van der Waals surface area contributed by atoms with Gasteiger partial charge in [-0.1, -0.05) is 0 Å². The molecule has 0 aliphatic carbocycles. The van der Waals surface area contributed by atoms with Crippen LogP contribution in [0.2, 0.25) is 0 Å². The molecule has 34 heavy (non-hydrogen) atoms. The summed E-state index contributed by atoms with van der Waals surface area (Å²) in [6.07, 6.45) is -0.685. The summed E-state index contributed by atoms with van der Waals surface area (Å²) in [6, 6.07) is 13.0. The molecule has 2 N–H and O–H groups in total. The fraction of sp³-hybridized carbons (Fsp3) is 0.375. The standard InChI is InChI=1S/C24H24N6O3S/c1-23(2,3)33-22(32)28-21-29-24(13-27-12-17(24)20(31)30(21)4)19-6-5-18(34-19)16-8-14(10-25)7-15(9-16)11-26/h5-9,17,27H,12-13H2,1-4H3,(H,28,29,32)/t17?,24-/m0/s1. The Bertz CT molecular complexity index is 1250. The van der Waals surface area contributed by atoms with Crippen LogP contribution in [0, 0.1) is 28.6 Å². The molecule has 4 rings (SSSR count). The number of benzene rings is 1. The number of hydrogen-bond donors (Lipinski definition) is 2. The van der Waals surface area contributed by atoms with E-state index in [4.69, 9.17) is 9.73 Å². The van der Waals surface area contributed by atoms with E-state index in [1.807, 2.05) is 12.1 Å². The predicted octanol–water partition coefficient (Wildman–Crippen LogP) is 2.93. The molecule has 1 aromatic carbocycles. The van der Waals surface area contributed by atoms with Gasteiger partial charge in [-0.2, -0.15) is 10.5 Å². The molecule has 174 valence electrons. The summed E-state index contributed by atoms with van der Waals surface area (Å²) in [4.78, 5) is 33.6. The number of guanidine groups is 1. The van der Waals surface area contributed by atoms with E-state index in [1.165, 1.54) is 16.2 Å². The molecule has 1 unspecified atom stereocenters. The van der Waals surface area contributed by atoms with Gasteiger partial charge in [-0.25, -0.2) is 9.79 Å². The van der Waals surface area contributed by atoms with Gasteiger partial charge >= 0.3 is 6.09 Å². The van der Waals surface area contributed by atoms with Gasteiger partial charge in [0, 0.05) is 29.9 Å². The van der Waals surface area contributed by atoms with E-state index in [2.05, 4.69) is 22.8 Å². The largest absolute Gasteiger partial charge is 0.444 e. The van der Waals surface area contributed by atoms with Gasteiger partial charge in [0.15, 0.2) is 0 Å². The zero-order chi connectivity index (χ0) is 24.7. The third kappa shape index (κ3) is 4.26. The number of nitrogens with zero attached hydrogens (tertiary/aromatic N) is 4. The second-order valence-corrected chi connectivity index (χ2v) is 10.3. The molecule has 9 nitrogen and oxygen atoms in total. The molecule has 2 atom stereocenters. The molecule has 2 aliphatic heterocycles. The molecule has 10 heteroatoms. The fourth-order valence-corrected chi connectivity index (χ4v) is 5.34. The fourth-order valence-electron chi connectivity index (χ4n) is 4.16. The van der Waals surface area contributed by atoms with Crippen molar-refractivity contribution >= 4 is 29.3 Å². The summed E-state index contributed by atoms with van der Waals surface area (Å²) in [6.45, 7) is 6.17. The SMILES string of the molecule is CN1C(=O)C2CNC[C@]2(c2ccc(-c3cc(C#N)cc(C#N)c3)s2)N=C1NC(=O)OC(C)(C)C. The zero-order valence-electron chi connectivity index (χ0n) is 19.3. The summed E-state index contributed by atoms with van der Waals surface area (Å²) < 4.78 is 5.35. The Balaban J connectivity index is 1.74. The summed E-state index contributed by atoms with van der Waals surface area (Å²) in [5.74, 6) is -0.458. The molecule has 2 aliphatic rings. The Hall–Kier alpha value is -3.73. The third-order valence-corrected chi connectivity index (χ3v) is 6.99. The van der Waals surface area contributed by atoms with E-state index >= 15 is 0 Å². The van der Waals surface area contributed by atoms with E-state index in [9.17, 15) is 20.1 Å². The van der Waals surface area contributed by atoms with E-state index in [1.54, 1.807) is 46.0 Å². The van der Waals surface area contributed by atoms with Crippen molar-refractivity contribution in [2.24, 2.45) is 10.9 Å². The molecule has 0 radical (unpaired) electrons. The highest BCUT2D eigenvalue weighted by Crippen LogP contribution is 2.45. The number of fused-ring (bicyclic) bond motifs is 1. The first-order valence-corrected chi connectivity index (χ1v) is 11.5. The molecule has 2 aromatic rings. The topological polar surface area (TPSA) is 131 Å². The lowest BCUT2D eigenvalue weighted by Crippen LogP contribution is -2.56. The first-order valence-electron chi connectivity index (χ1n) is 10.7. The number of carbonyl (C=O) groups is 2. The van der Waals surface area contributed by atoms with Crippen LogP contribution in [0.4, 0.5) is 4.79 Å². The maximum Gasteiger partial charge on any atom is 0.414 e. The average Bonchev–Trinajstić information content (AvgIpc) is 3.44. The Morgan fingerprint density at radius 2 is 1.94 bits per heavy atom. The number of rotatable bonds is 2. The van der Waals surface area contributed by atoms with Crippen molar-refractivity contribution in [3.8, 4) is 22.6 Å². The minimum Gasteiger partial charge on any atom is -0.444 e. The average molecular weight is 477 g/mol. The Labute approximate surface area is 201 Å². The highest BCUT2D eigenvalue weighted by molar-refractivity contribution is 7.15. The molecular weight excluding hydrogens is 452 g/mol. The minimum atomic E-state index is -0.887. The lowest BCUT2D eigenvalue weighted by molar-refractivity contribution is -0.132. The van der Waals surface area contributed by atoms with Gasteiger partial charge in [0.05, 0.1) is 29.2 Å². The number of carbonyl (C=O) groups excluding carboxylic acids is 2. The number of amides is 2. The third-order valence-electron chi connectivity index (χ3n) is 5.69. The summed E-state index contributed by atoms with van der Waals surface area (Å²) in [5, 5.41) is 24.5. The van der Waals surface area contributed by atoms with Crippen LogP contribution in [-0.2, 0) is 15.1 Å². The van der Waals surface area contributed by atoms with Crippen molar-refractivity contribution in [3.63, 3.8) is 0 Å². The van der Waals surface area contributed by atoms with Crippen LogP contribution in [0.5, 0.6) is 0 Å². The van der Waals surface area contributed by atoms with E-state index in [-0.39, 0.29) is 11.9 Å². The number of alkyl carbamates (subject to hydrolysis) is 1. The van der Waals surface area contributed by atoms with Crippen LogP contribution in [0.15, 0.2) is 35.3 Å². The van der Waals surface area contributed by atoms with Gasteiger partial charge in [0.1, 0.15) is 11.1 Å². The van der Waals surface area contributed by atoms with Gasteiger partial charge < -0.3 is 10.1 Å². The highest BCUT2D eigenvalue weighted by atomic mass is 32.1. The van der Waals surface area contributed by atoms with Crippen molar-refractivity contribution in [1.29, 1.82) is 10.5 Å². The second kappa shape index (κ2) is 8.56. The van der Waals surface area contributed by atoms with Gasteiger partial charge in [-0.05, 0) is 56.7 Å². The Morgan fingerprint density at radius 3 is 2.56 bits per heavy atom. The summed E-state index contributed by atoms with van der Waals surface area (Å²) in [7, 11) is 1.58. The van der Waals surface area contributed by atoms with Crippen LogP contribution in [-0.4, -0.2) is 48.6 Å². The molecule has 1 saturated heterocycles. The normalized spacial score (nSPS) is 21.8. The highest BCUT2D eigenvalue weighted by Gasteiger charge is 2.54. The number of hydrogen-bond acceptors (Lipinski definition) is 8. The number of nitrogens with one attached hydrogen (secondary N) is 2. The molecule has 1 fully saturated rings. The number of ether oxygens (including phenoxy) is 1. The quantitative estimate of drug-likeness (QED) is 0.685. The lowest BCUT2D eigenvalue weighted by atomic mass is 9.84. The van der Waals surface area contributed by atoms with Crippen LogP contribution in [0.1, 0.15) is 36.8 Å². The van der Waals surface area contributed by atoms with Crippen LogP contribution in [0.25, 0.3) is 10.4 Å². The van der Waals surface area contributed by atoms with Crippen LogP contribution < -0.4 is 10.6 Å². The lowest BCUT2D eigenvalue weighted by Gasteiger charge is -2.38. The zero-order valence-corrected chi connectivity index (χ0v) is 20.1. The Morgan fingerprint density at radius 1 is 1.26 bits per heavy atom. The van der Waals surface area contributed by atoms with E-state index < -0.39 is 23.2 Å². The molecule has 0 spiro atoms. The van der Waals surface area contributed by atoms with Gasteiger partial charge in [-0.15, -0.1) is 11.3 Å². The molecule has 0 saturated carbocycles. The molecule has 2 amide bonds.